The van der Waals surface area contributed by atoms with Crippen LogP contribution in [0.1, 0.15) is 6.42 Å². The van der Waals surface area contributed by atoms with Crippen molar-refractivity contribution in [3.63, 3.8) is 0 Å². The summed E-state index contributed by atoms with van der Waals surface area (Å²) in [5.74, 6) is -0.581. The van der Waals surface area contributed by atoms with Gasteiger partial charge in [0.15, 0.2) is 0 Å². The van der Waals surface area contributed by atoms with Crippen LogP contribution < -0.4 is 0 Å². The Morgan fingerprint density at radius 1 is 1.88 bits per heavy atom. The molecule has 0 rings (SSSR count). The molecule has 0 radical (unpaired) electrons. The molecule has 0 fully saturated rings. The Morgan fingerprint density at radius 3 is 2.88 bits per heavy atom. The second-order valence-corrected chi connectivity index (χ2v) is 1.10. The largest absolute Gasteiger partial charge is 0.435 e. The van der Waals surface area contributed by atoms with E-state index in [9.17, 15) is 9.18 Å². The van der Waals surface area contributed by atoms with Gasteiger partial charge in [0.25, 0.3) is 0 Å². The van der Waals surface area contributed by atoms with Crippen molar-refractivity contribution in [2.24, 2.45) is 0 Å². The van der Waals surface area contributed by atoms with Crippen LogP contribution in [0.15, 0.2) is 12.8 Å². The van der Waals surface area contributed by atoms with Crippen molar-refractivity contribution in [3.05, 3.63) is 12.8 Å². The minimum Gasteiger partial charge on any atom is -0.435 e. The van der Waals surface area contributed by atoms with Gasteiger partial charge in [0.1, 0.15) is 0 Å². The van der Waals surface area contributed by atoms with E-state index in [4.69, 9.17) is 0 Å². The van der Waals surface area contributed by atoms with Gasteiger partial charge in [-0.2, -0.15) is 0 Å². The van der Waals surface area contributed by atoms with Gasteiger partial charge in [-0.05, 0) is 0 Å². The lowest BCUT2D eigenvalue weighted by Gasteiger charge is -1.90. The van der Waals surface area contributed by atoms with Crippen LogP contribution in [0.25, 0.3) is 0 Å². The highest BCUT2D eigenvalue weighted by molar-refractivity contribution is 5.69. The third-order valence-corrected chi connectivity index (χ3v) is 0.513. The van der Waals surface area contributed by atoms with Gasteiger partial charge in [0.05, 0.1) is 19.4 Å². The Bertz CT molecular complexity index is 90.4. The predicted octanol–water partition coefficient (Wildman–Crippen LogP) is 1.03. The van der Waals surface area contributed by atoms with E-state index in [1.165, 1.54) is 0 Å². The number of carbonyl (C=O) groups excluding carboxylic acids is 1. The quantitative estimate of drug-likeness (QED) is 0.408. The van der Waals surface area contributed by atoms with Crippen LogP contribution in [-0.2, 0) is 9.53 Å². The van der Waals surface area contributed by atoms with Gasteiger partial charge in [-0.1, -0.05) is 6.58 Å². The van der Waals surface area contributed by atoms with E-state index in [-0.39, 0.29) is 6.42 Å². The van der Waals surface area contributed by atoms with E-state index in [1.54, 1.807) is 0 Å². The number of alkyl halides is 1. The van der Waals surface area contributed by atoms with Crippen LogP contribution >= 0.6 is 0 Å². The molecule has 46 valence electrons. The van der Waals surface area contributed by atoms with Crippen molar-refractivity contribution >= 4 is 5.97 Å². The average Bonchev–Trinajstić information content (AvgIpc) is 1.68. The van der Waals surface area contributed by atoms with Crippen molar-refractivity contribution in [1.29, 1.82) is 0 Å². The lowest BCUT2D eigenvalue weighted by molar-refractivity contribution is -0.138. The summed E-state index contributed by atoms with van der Waals surface area (Å²) in [7, 11) is 0. The first kappa shape index (κ1) is 7.14. The number of hydrogen-bond donors (Lipinski definition) is 0. The lowest BCUT2D eigenvalue weighted by Crippen LogP contribution is -1.98. The Kier molecular flexibility index (Phi) is 3.84. The van der Waals surface area contributed by atoms with Gasteiger partial charge in [0.2, 0.25) is 0 Å². The maximum Gasteiger partial charge on any atom is 0.313 e. The van der Waals surface area contributed by atoms with Crippen molar-refractivity contribution < 1.29 is 13.9 Å². The molecule has 0 aliphatic heterocycles. The number of halogens is 1. The topological polar surface area (TPSA) is 26.3 Å². The molecular weight excluding hydrogens is 111 g/mol. The van der Waals surface area contributed by atoms with Crippen molar-refractivity contribution in [3.8, 4) is 0 Å². The first-order chi connectivity index (χ1) is 3.81. The molecule has 0 aliphatic rings. The molecule has 0 N–H and O–H groups in total. The molecule has 0 atom stereocenters. The van der Waals surface area contributed by atoms with Crippen molar-refractivity contribution in [2.75, 3.05) is 6.67 Å². The molecule has 0 bridgehead atoms. The molecule has 3 heteroatoms. The van der Waals surface area contributed by atoms with Gasteiger partial charge in [-0.3, -0.25) is 9.18 Å². The zero-order valence-electron chi connectivity index (χ0n) is 4.39. The van der Waals surface area contributed by atoms with Gasteiger partial charge < -0.3 is 4.74 Å². The summed E-state index contributed by atoms with van der Waals surface area (Å²) in [5, 5.41) is 0. The first-order valence-corrected chi connectivity index (χ1v) is 2.17. The Morgan fingerprint density at radius 2 is 2.50 bits per heavy atom. The Labute approximate surface area is 47.0 Å². The second kappa shape index (κ2) is 4.30. The number of carbonyl (C=O) groups is 1. The maximum atomic E-state index is 11.2. The van der Waals surface area contributed by atoms with Crippen LogP contribution in [0.5, 0.6) is 0 Å². The molecule has 0 aromatic rings. The monoisotopic (exact) mass is 118 g/mol. The highest BCUT2D eigenvalue weighted by Gasteiger charge is 1.96. The number of hydrogen-bond acceptors (Lipinski definition) is 2. The number of esters is 1. The Balaban J connectivity index is 3.18. The third kappa shape index (κ3) is 3.33. The highest BCUT2D eigenvalue weighted by Crippen LogP contribution is 1.85. The van der Waals surface area contributed by atoms with E-state index in [2.05, 4.69) is 11.3 Å². The molecule has 0 aromatic heterocycles. The molecule has 0 spiro atoms. The lowest BCUT2D eigenvalue weighted by atomic mass is 10.5. The molecule has 0 saturated carbocycles. The molecule has 0 aromatic carbocycles. The third-order valence-electron chi connectivity index (χ3n) is 0.513. The number of rotatable bonds is 3. The zero-order chi connectivity index (χ0) is 6.41. The van der Waals surface area contributed by atoms with Crippen LogP contribution in [0.4, 0.5) is 4.39 Å². The average molecular weight is 118 g/mol. The molecule has 0 heterocycles. The van der Waals surface area contributed by atoms with Crippen molar-refractivity contribution in [1.82, 2.24) is 0 Å². The first-order valence-electron chi connectivity index (χ1n) is 2.17. The van der Waals surface area contributed by atoms with Crippen LogP contribution in [0, 0.1) is 0 Å². The number of ether oxygens (including phenoxy) is 1. The second-order valence-electron chi connectivity index (χ2n) is 1.10. The normalized spacial score (nSPS) is 8.12. The summed E-state index contributed by atoms with van der Waals surface area (Å²) in [5.41, 5.74) is 0. The zero-order valence-corrected chi connectivity index (χ0v) is 4.39. The fourth-order valence-electron chi connectivity index (χ4n) is 0.229. The van der Waals surface area contributed by atoms with Crippen LogP contribution in [-0.4, -0.2) is 12.6 Å². The Hall–Kier alpha value is -0.860. The van der Waals surface area contributed by atoms with Gasteiger partial charge in [-0.15, -0.1) is 0 Å². The fourth-order valence-corrected chi connectivity index (χ4v) is 0.229. The smallest absolute Gasteiger partial charge is 0.313 e. The minimum absolute atomic E-state index is 0.188. The summed E-state index contributed by atoms with van der Waals surface area (Å²) in [4.78, 5) is 10.1. The molecular formula is C5H7FO2. The molecule has 0 saturated heterocycles. The molecule has 0 aliphatic carbocycles. The summed E-state index contributed by atoms with van der Waals surface area (Å²) in [6, 6.07) is 0. The standard InChI is InChI=1S/C5H7FO2/c1-2-8-5(7)3-4-6/h2H,1,3-4H2. The van der Waals surface area contributed by atoms with E-state index < -0.39 is 12.6 Å². The summed E-state index contributed by atoms with van der Waals surface area (Å²) in [6.45, 7) is 2.44. The van der Waals surface area contributed by atoms with E-state index in [0.29, 0.717) is 0 Å². The van der Waals surface area contributed by atoms with Crippen LogP contribution in [0.2, 0.25) is 0 Å². The summed E-state index contributed by atoms with van der Waals surface area (Å²) in [6.07, 6.45) is 0.796. The molecule has 0 amide bonds. The van der Waals surface area contributed by atoms with Gasteiger partial charge >= 0.3 is 5.97 Å². The minimum atomic E-state index is -0.674. The molecule has 0 unspecified atom stereocenters. The van der Waals surface area contributed by atoms with Gasteiger partial charge in [-0.25, -0.2) is 0 Å². The highest BCUT2D eigenvalue weighted by atomic mass is 19.1. The maximum absolute atomic E-state index is 11.2. The molecule has 2 nitrogen and oxygen atoms in total. The van der Waals surface area contributed by atoms with E-state index in [0.717, 1.165) is 6.26 Å². The molecule has 8 heavy (non-hydrogen) atoms. The van der Waals surface area contributed by atoms with E-state index in [1.807, 2.05) is 0 Å². The SMILES string of the molecule is C=COC(=O)CCF. The summed E-state index contributed by atoms with van der Waals surface area (Å²) >= 11 is 0. The van der Waals surface area contributed by atoms with Crippen molar-refractivity contribution in [2.45, 2.75) is 6.42 Å². The van der Waals surface area contributed by atoms with Gasteiger partial charge in [0, 0.05) is 0 Å². The predicted molar refractivity (Wildman–Crippen MR) is 26.9 cm³/mol. The fraction of sp³-hybridized carbons (Fsp3) is 0.400. The van der Waals surface area contributed by atoms with Crippen LogP contribution in [0.3, 0.4) is 0 Å². The summed E-state index contributed by atoms with van der Waals surface area (Å²) < 4.78 is 15.4. The van der Waals surface area contributed by atoms with E-state index >= 15 is 0 Å².